The first-order valence-electron chi connectivity index (χ1n) is 3.87. The van der Waals surface area contributed by atoms with Crippen molar-refractivity contribution in [2.45, 2.75) is 26.3 Å². The molecule has 0 heterocycles. The highest BCUT2D eigenvalue weighted by atomic mass is 16.3. The fraction of sp³-hybridized carbons (Fsp3) is 1.00. The van der Waals surface area contributed by atoms with Gasteiger partial charge in [0.05, 0.1) is 6.10 Å². The van der Waals surface area contributed by atoms with Crippen molar-refractivity contribution in [2.75, 3.05) is 0 Å². The van der Waals surface area contributed by atoms with Gasteiger partial charge in [0.2, 0.25) is 0 Å². The van der Waals surface area contributed by atoms with Crippen molar-refractivity contribution in [2.24, 2.45) is 0 Å². The molecule has 32 valence electrons. The highest BCUT2D eigenvalue weighted by Gasteiger charge is 1.81. The number of hydrogen-bond acceptors (Lipinski definition) is 1. The maximum absolute atomic E-state index is 8.68. The zero-order valence-electron chi connectivity index (χ0n) is 8.02. The zero-order valence-corrected chi connectivity index (χ0v) is 3.02. The monoisotopic (exact) mass is 79.1 g/mol. The predicted octanol–water partition coefficient (Wildman–Crippen LogP) is 0.777. The van der Waals surface area contributed by atoms with Crippen LogP contribution in [-0.2, 0) is 0 Å². The summed E-state index contributed by atoms with van der Waals surface area (Å²) in [5.74, 6) is 0. The van der Waals surface area contributed by atoms with E-state index in [1.807, 2.05) is 0 Å². The van der Waals surface area contributed by atoms with Crippen LogP contribution in [0.25, 0.3) is 0 Å². The van der Waals surface area contributed by atoms with E-state index in [1.54, 1.807) is 0 Å². The Labute approximate surface area is 39.7 Å². The third-order valence-corrected chi connectivity index (χ3v) is 0.209. The van der Waals surface area contributed by atoms with Crippen LogP contribution in [0.3, 0.4) is 0 Å². The van der Waals surface area contributed by atoms with Gasteiger partial charge in [-0.1, -0.05) is 6.85 Å². The number of aliphatic hydroxyl groups excluding tert-OH is 1. The first-order chi connectivity index (χ1) is 4.19. The Morgan fingerprint density at radius 3 is 3.00 bits per heavy atom. The Balaban J connectivity index is 4.40. The average molecular weight is 79.2 g/mol. The van der Waals surface area contributed by atoms with E-state index >= 15 is 0 Å². The summed E-state index contributed by atoms with van der Waals surface area (Å²) in [6.07, 6.45) is -3.98. The molecule has 0 aromatic carbocycles. The molecule has 5 heavy (non-hydrogen) atoms. The topological polar surface area (TPSA) is 20.2 Å². The molecule has 0 saturated heterocycles. The summed E-state index contributed by atoms with van der Waals surface area (Å²) in [4.78, 5) is 0. The van der Waals surface area contributed by atoms with E-state index in [0.717, 1.165) is 6.92 Å². The zero-order chi connectivity index (χ0) is 8.58. The number of hydrogen-bond donors (Lipinski definition) is 1. The van der Waals surface area contributed by atoms with Gasteiger partial charge < -0.3 is 5.11 Å². The van der Waals surface area contributed by atoms with Crippen LogP contribution in [0.15, 0.2) is 0 Å². The van der Waals surface area contributed by atoms with Crippen molar-refractivity contribution >= 4 is 0 Å². The molecule has 0 amide bonds. The van der Waals surface area contributed by atoms with Gasteiger partial charge in [0.15, 0.2) is 0 Å². The normalized spacial score (nSPS) is 35.2. The standard InChI is InChI=1S/C4H10O/c1-3-4(2)5/h4-5H,3H2,1-2H3/i1D3,3D2. The minimum Gasteiger partial charge on any atom is -0.393 e. The molecule has 0 saturated carbocycles. The smallest absolute Gasteiger partial charge is 0.0509 e. The second-order valence-electron chi connectivity index (χ2n) is 0.820. The molecule has 0 bridgehead atoms. The molecule has 0 fully saturated rings. The molecule has 1 heteroatoms. The Bertz CT molecular complexity index is 115. The number of aliphatic hydroxyl groups is 1. The maximum Gasteiger partial charge on any atom is 0.0509 e. The van der Waals surface area contributed by atoms with E-state index < -0.39 is 19.3 Å². The van der Waals surface area contributed by atoms with E-state index in [2.05, 4.69) is 0 Å². The lowest BCUT2D eigenvalue weighted by atomic mass is 10.3. The molecule has 0 aliphatic rings. The van der Waals surface area contributed by atoms with E-state index in [9.17, 15) is 0 Å². The molecule has 0 aromatic rings. The first-order valence-corrected chi connectivity index (χ1v) is 1.37. The summed E-state index contributed by atoms with van der Waals surface area (Å²) < 4.78 is 33.8. The summed E-state index contributed by atoms with van der Waals surface area (Å²) in [5, 5.41) is 8.68. The summed E-state index contributed by atoms with van der Waals surface area (Å²) in [6, 6.07) is 0. The van der Waals surface area contributed by atoms with Crippen molar-refractivity contribution in [3.63, 3.8) is 0 Å². The lowest BCUT2D eigenvalue weighted by molar-refractivity contribution is 0.191. The van der Waals surface area contributed by atoms with E-state index in [-0.39, 0.29) is 0 Å². The highest BCUT2D eigenvalue weighted by Crippen LogP contribution is 1.81. The van der Waals surface area contributed by atoms with Crippen LogP contribution in [-0.4, -0.2) is 11.2 Å². The molecule has 0 radical (unpaired) electrons. The summed E-state index contributed by atoms with van der Waals surface area (Å²) >= 11 is 0. The van der Waals surface area contributed by atoms with Gasteiger partial charge in [-0.15, -0.1) is 0 Å². The van der Waals surface area contributed by atoms with Crippen molar-refractivity contribution < 1.29 is 12.0 Å². The second-order valence-corrected chi connectivity index (χ2v) is 0.820. The fourth-order valence-electron chi connectivity index (χ4n) is 0. The van der Waals surface area contributed by atoms with Gasteiger partial charge in [-0.3, -0.25) is 0 Å². The van der Waals surface area contributed by atoms with E-state index in [1.165, 1.54) is 0 Å². The van der Waals surface area contributed by atoms with Gasteiger partial charge >= 0.3 is 0 Å². The van der Waals surface area contributed by atoms with Gasteiger partial charge in [-0.05, 0) is 13.3 Å². The van der Waals surface area contributed by atoms with Crippen LogP contribution >= 0.6 is 0 Å². The van der Waals surface area contributed by atoms with Crippen molar-refractivity contribution in [1.29, 1.82) is 0 Å². The molecule has 0 aliphatic heterocycles. The third kappa shape index (κ3) is 3.96. The first kappa shape index (κ1) is 0.969. The van der Waals surface area contributed by atoms with Crippen LogP contribution in [0, 0.1) is 0 Å². The molecule has 1 atom stereocenters. The summed E-state index contributed by atoms with van der Waals surface area (Å²) in [7, 11) is 0. The van der Waals surface area contributed by atoms with E-state index in [0.29, 0.717) is 0 Å². The molecule has 1 N–H and O–H groups in total. The fourth-order valence-corrected chi connectivity index (χ4v) is 0. The van der Waals surface area contributed by atoms with Gasteiger partial charge in [-0.2, -0.15) is 0 Å². The SMILES string of the molecule is [2H]C([2H])([2H])C([2H])([2H])C(C)O. The predicted molar refractivity (Wildman–Crippen MR) is 22.0 cm³/mol. The van der Waals surface area contributed by atoms with Crippen LogP contribution < -0.4 is 0 Å². The quantitative estimate of drug-likeness (QED) is 0.492. The summed E-state index contributed by atoms with van der Waals surface area (Å²) in [6.45, 7) is -1.63. The Hall–Kier alpha value is -0.0400. The second kappa shape index (κ2) is 2.21. The Morgan fingerprint density at radius 2 is 3.00 bits per heavy atom. The van der Waals surface area contributed by atoms with Gasteiger partial charge in [0, 0.05) is 6.85 Å². The average Bonchev–Trinajstić information content (AvgIpc) is 1.62. The van der Waals surface area contributed by atoms with Crippen molar-refractivity contribution in [3.8, 4) is 0 Å². The molecular formula is C4H10O. The van der Waals surface area contributed by atoms with E-state index in [4.69, 9.17) is 12.0 Å². The van der Waals surface area contributed by atoms with Crippen LogP contribution in [0.1, 0.15) is 27.0 Å². The summed E-state index contributed by atoms with van der Waals surface area (Å²) in [5.41, 5.74) is 0. The Morgan fingerprint density at radius 1 is 2.40 bits per heavy atom. The molecule has 0 rings (SSSR count). The van der Waals surface area contributed by atoms with Crippen LogP contribution in [0.4, 0.5) is 0 Å². The third-order valence-electron chi connectivity index (χ3n) is 0.209. The van der Waals surface area contributed by atoms with Crippen molar-refractivity contribution in [1.82, 2.24) is 0 Å². The minimum atomic E-state index is -2.75. The van der Waals surface area contributed by atoms with Gasteiger partial charge in [0.25, 0.3) is 0 Å². The molecule has 0 spiro atoms. The molecular weight excluding hydrogens is 64.0 g/mol. The van der Waals surface area contributed by atoms with Crippen LogP contribution in [0.5, 0.6) is 0 Å². The molecule has 1 nitrogen and oxygen atoms in total. The highest BCUT2D eigenvalue weighted by molar-refractivity contribution is 4.34. The van der Waals surface area contributed by atoms with Crippen molar-refractivity contribution in [3.05, 3.63) is 0 Å². The maximum atomic E-state index is 8.68. The molecule has 0 aromatic heterocycles. The minimum absolute atomic E-state index is 1.12. The lowest BCUT2D eigenvalue weighted by Gasteiger charge is -1.90. The Kier molecular flexibility index (Phi) is 0.429. The lowest BCUT2D eigenvalue weighted by Crippen LogP contribution is -1.93. The largest absolute Gasteiger partial charge is 0.393 e. The van der Waals surface area contributed by atoms with Crippen LogP contribution in [0.2, 0.25) is 0 Å². The molecule has 1 unspecified atom stereocenters. The van der Waals surface area contributed by atoms with Gasteiger partial charge in [0.1, 0.15) is 0 Å². The molecule has 0 aliphatic carbocycles. The number of rotatable bonds is 1. The van der Waals surface area contributed by atoms with Gasteiger partial charge in [-0.25, -0.2) is 0 Å².